The van der Waals surface area contributed by atoms with Crippen molar-refractivity contribution in [2.75, 3.05) is 12.2 Å². The summed E-state index contributed by atoms with van der Waals surface area (Å²) < 4.78 is 24.5. The van der Waals surface area contributed by atoms with E-state index >= 15 is 0 Å². The summed E-state index contributed by atoms with van der Waals surface area (Å²) in [5, 5.41) is 8.94. The fourth-order valence-corrected chi connectivity index (χ4v) is 1.83. The fraction of sp³-hybridized carbons (Fsp3) is 0.154. The molecule has 0 unspecified atom stereocenters. The van der Waals surface area contributed by atoms with Crippen LogP contribution in [-0.4, -0.2) is 22.2 Å². The third-order valence-electron chi connectivity index (χ3n) is 2.31. The van der Waals surface area contributed by atoms with Gasteiger partial charge in [0.25, 0.3) is 11.8 Å². The zero-order chi connectivity index (χ0) is 15.2. The number of rotatable bonds is 5. The molecule has 0 radical (unpaired) electrons. The SMILES string of the molecule is CSCOc1ncnc(Oc2ccc(C#N)cc2Cl)c1F. The Labute approximate surface area is 129 Å². The highest BCUT2D eigenvalue weighted by Crippen LogP contribution is 2.32. The molecule has 1 aromatic heterocycles. The average molecular weight is 326 g/mol. The molecule has 0 saturated heterocycles. The Morgan fingerprint density at radius 1 is 1.38 bits per heavy atom. The highest BCUT2D eigenvalue weighted by Gasteiger charge is 2.16. The van der Waals surface area contributed by atoms with Gasteiger partial charge in [0.2, 0.25) is 5.82 Å². The molecule has 0 bridgehead atoms. The van der Waals surface area contributed by atoms with E-state index in [9.17, 15) is 4.39 Å². The van der Waals surface area contributed by atoms with Crippen molar-refractivity contribution in [2.45, 2.75) is 0 Å². The number of hydrogen-bond acceptors (Lipinski definition) is 6. The number of aromatic nitrogens is 2. The quantitative estimate of drug-likeness (QED) is 0.782. The van der Waals surface area contributed by atoms with Crippen LogP contribution in [-0.2, 0) is 0 Å². The molecule has 0 aliphatic heterocycles. The van der Waals surface area contributed by atoms with E-state index in [1.165, 1.54) is 30.0 Å². The summed E-state index contributed by atoms with van der Waals surface area (Å²) in [4.78, 5) is 7.40. The Bertz CT molecular complexity index is 694. The van der Waals surface area contributed by atoms with Crippen molar-refractivity contribution in [3.8, 4) is 23.6 Å². The third kappa shape index (κ3) is 3.74. The number of thioether (sulfide) groups is 1. The maximum atomic E-state index is 14.1. The van der Waals surface area contributed by atoms with Crippen LogP contribution in [0.5, 0.6) is 17.5 Å². The lowest BCUT2D eigenvalue weighted by Gasteiger charge is -2.09. The van der Waals surface area contributed by atoms with Crippen molar-refractivity contribution in [3.63, 3.8) is 0 Å². The van der Waals surface area contributed by atoms with Crippen LogP contribution in [0.25, 0.3) is 0 Å². The Kier molecular flexibility index (Phi) is 5.20. The summed E-state index contributed by atoms with van der Waals surface area (Å²) in [5.74, 6) is -0.867. The average Bonchev–Trinajstić information content (AvgIpc) is 2.50. The van der Waals surface area contributed by atoms with Gasteiger partial charge in [0.1, 0.15) is 18.0 Å². The molecule has 0 amide bonds. The first-order valence-electron chi connectivity index (χ1n) is 5.65. The van der Waals surface area contributed by atoms with Crippen LogP contribution in [0.1, 0.15) is 5.56 Å². The van der Waals surface area contributed by atoms with E-state index < -0.39 is 5.82 Å². The lowest BCUT2D eigenvalue weighted by atomic mass is 10.2. The lowest BCUT2D eigenvalue weighted by Crippen LogP contribution is -2.01. The Morgan fingerprint density at radius 2 is 2.14 bits per heavy atom. The molecule has 108 valence electrons. The summed E-state index contributed by atoms with van der Waals surface area (Å²) in [6.45, 7) is 0. The summed E-state index contributed by atoms with van der Waals surface area (Å²) in [6.07, 6.45) is 2.94. The zero-order valence-electron chi connectivity index (χ0n) is 10.8. The molecule has 8 heteroatoms. The number of ether oxygens (including phenoxy) is 2. The molecule has 0 saturated carbocycles. The van der Waals surface area contributed by atoms with Gasteiger partial charge in [0.05, 0.1) is 16.7 Å². The standard InChI is InChI=1S/C13H9ClFN3O2S/c1-21-7-19-12-11(15)13(18-6-17-12)20-10-3-2-8(5-16)4-9(10)14/h2-4,6H,7H2,1H3. The second kappa shape index (κ2) is 7.11. The molecule has 0 aliphatic carbocycles. The van der Waals surface area contributed by atoms with Crippen LogP contribution in [0.15, 0.2) is 24.5 Å². The Hall–Kier alpha value is -2.04. The van der Waals surface area contributed by atoms with Crippen LogP contribution in [0.3, 0.4) is 0 Å². The molecule has 1 heterocycles. The highest BCUT2D eigenvalue weighted by molar-refractivity contribution is 7.98. The maximum Gasteiger partial charge on any atom is 0.263 e. The summed E-state index contributed by atoms with van der Waals surface area (Å²) in [7, 11) is 0. The van der Waals surface area contributed by atoms with E-state index in [1.54, 1.807) is 0 Å². The number of hydrogen-bond donors (Lipinski definition) is 0. The topological polar surface area (TPSA) is 68.0 Å². The van der Waals surface area contributed by atoms with Crippen LogP contribution in [0, 0.1) is 17.1 Å². The van der Waals surface area contributed by atoms with Gasteiger partial charge in [-0.1, -0.05) is 11.6 Å². The van der Waals surface area contributed by atoms with Crippen molar-refractivity contribution in [2.24, 2.45) is 0 Å². The van der Waals surface area contributed by atoms with E-state index in [1.807, 2.05) is 12.3 Å². The van der Waals surface area contributed by atoms with Crippen molar-refractivity contribution in [1.29, 1.82) is 5.26 Å². The molecule has 0 atom stereocenters. The summed E-state index contributed by atoms with van der Waals surface area (Å²) in [5.41, 5.74) is 0.375. The second-order valence-corrected chi connectivity index (χ2v) is 4.93. The number of nitrogens with zero attached hydrogens (tertiary/aromatic N) is 3. The van der Waals surface area contributed by atoms with Crippen LogP contribution in [0.2, 0.25) is 5.02 Å². The zero-order valence-corrected chi connectivity index (χ0v) is 12.4. The predicted molar refractivity (Wildman–Crippen MR) is 77.2 cm³/mol. The number of nitriles is 1. The van der Waals surface area contributed by atoms with Gasteiger partial charge in [-0.05, 0) is 24.5 Å². The van der Waals surface area contributed by atoms with E-state index in [0.717, 1.165) is 6.33 Å². The number of benzene rings is 1. The fourth-order valence-electron chi connectivity index (χ4n) is 1.38. The van der Waals surface area contributed by atoms with Crippen molar-refractivity contribution in [1.82, 2.24) is 9.97 Å². The summed E-state index contributed by atoms with van der Waals surface area (Å²) in [6, 6.07) is 6.33. The minimum Gasteiger partial charge on any atom is -0.464 e. The third-order valence-corrected chi connectivity index (χ3v) is 2.96. The van der Waals surface area contributed by atoms with Gasteiger partial charge in [-0.3, -0.25) is 0 Å². The molecule has 0 N–H and O–H groups in total. The molecule has 0 aliphatic rings. The van der Waals surface area contributed by atoms with Gasteiger partial charge >= 0.3 is 0 Å². The van der Waals surface area contributed by atoms with Crippen LogP contribution >= 0.6 is 23.4 Å². The largest absolute Gasteiger partial charge is 0.464 e. The number of halogens is 2. The van der Waals surface area contributed by atoms with E-state index in [-0.39, 0.29) is 28.5 Å². The first-order chi connectivity index (χ1) is 10.2. The minimum atomic E-state index is -0.813. The van der Waals surface area contributed by atoms with Crippen molar-refractivity contribution < 1.29 is 13.9 Å². The van der Waals surface area contributed by atoms with Crippen LogP contribution in [0.4, 0.5) is 4.39 Å². The van der Waals surface area contributed by atoms with Crippen molar-refractivity contribution >= 4 is 23.4 Å². The van der Waals surface area contributed by atoms with E-state index in [4.69, 9.17) is 26.3 Å². The van der Waals surface area contributed by atoms with Gasteiger partial charge in [0, 0.05) is 0 Å². The molecule has 21 heavy (non-hydrogen) atoms. The van der Waals surface area contributed by atoms with Gasteiger partial charge in [-0.25, -0.2) is 0 Å². The molecular formula is C13H9ClFN3O2S. The molecule has 5 nitrogen and oxygen atoms in total. The lowest BCUT2D eigenvalue weighted by molar-refractivity contribution is 0.332. The molecule has 0 fully saturated rings. The monoisotopic (exact) mass is 325 g/mol. The van der Waals surface area contributed by atoms with Gasteiger partial charge in [-0.15, -0.1) is 11.8 Å². The van der Waals surface area contributed by atoms with E-state index in [2.05, 4.69) is 9.97 Å². The minimum absolute atomic E-state index is 0.179. The smallest absolute Gasteiger partial charge is 0.263 e. The Balaban J connectivity index is 2.26. The van der Waals surface area contributed by atoms with Gasteiger partial charge in [-0.2, -0.15) is 19.6 Å². The highest BCUT2D eigenvalue weighted by atomic mass is 35.5. The second-order valence-electron chi connectivity index (χ2n) is 3.71. The van der Waals surface area contributed by atoms with Crippen molar-refractivity contribution in [3.05, 3.63) is 40.9 Å². The first-order valence-corrected chi connectivity index (χ1v) is 7.42. The maximum absolute atomic E-state index is 14.1. The molecule has 0 spiro atoms. The first kappa shape index (κ1) is 15.4. The predicted octanol–water partition coefficient (Wildman–Crippen LogP) is 3.63. The molecule has 1 aromatic carbocycles. The Morgan fingerprint density at radius 3 is 2.81 bits per heavy atom. The molecular weight excluding hydrogens is 317 g/mol. The summed E-state index contributed by atoms with van der Waals surface area (Å²) >= 11 is 7.34. The van der Waals surface area contributed by atoms with Gasteiger partial charge in [0.15, 0.2) is 0 Å². The van der Waals surface area contributed by atoms with Crippen LogP contribution < -0.4 is 9.47 Å². The molecule has 2 rings (SSSR count). The van der Waals surface area contributed by atoms with E-state index in [0.29, 0.717) is 5.56 Å². The normalized spacial score (nSPS) is 10.0. The van der Waals surface area contributed by atoms with Gasteiger partial charge < -0.3 is 9.47 Å². The molecule has 2 aromatic rings.